The molecule has 2 aromatic carbocycles. The molecule has 4 rings (SSSR count). The summed E-state index contributed by atoms with van der Waals surface area (Å²) in [4.78, 5) is 26.8. The maximum atomic E-state index is 12.2. The molecule has 0 fully saturated rings. The summed E-state index contributed by atoms with van der Waals surface area (Å²) in [5.74, 6) is 0. The zero-order valence-electron chi connectivity index (χ0n) is 14.2. The van der Waals surface area contributed by atoms with Crippen molar-refractivity contribution in [1.82, 2.24) is 4.98 Å². The Balaban J connectivity index is 1.51. The monoisotopic (exact) mass is 392 g/mol. The lowest BCUT2D eigenvalue weighted by Gasteiger charge is -1.99. The van der Waals surface area contributed by atoms with Gasteiger partial charge in [-0.05, 0) is 29.8 Å². The van der Waals surface area contributed by atoms with Gasteiger partial charge in [-0.3, -0.25) is 15.5 Å². The van der Waals surface area contributed by atoms with Crippen LogP contribution in [-0.4, -0.2) is 16.1 Å². The van der Waals surface area contributed by atoms with Crippen LogP contribution < -0.4 is 11.1 Å². The molecule has 2 heterocycles. The number of non-ortho nitro benzene ring substituents is 1. The van der Waals surface area contributed by atoms with Gasteiger partial charge in [-0.1, -0.05) is 18.2 Å². The molecule has 0 aliphatic rings. The highest BCUT2D eigenvalue weighted by molar-refractivity contribution is 7.14. The zero-order chi connectivity index (χ0) is 19.5. The van der Waals surface area contributed by atoms with E-state index < -0.39 is 10.5 Å². The summed E-state index contributed by atoms with van der Waals surface area (Å²) in [5, 5.41) is 17.8. The molecule has 0 spiro atoms. The maximum Gasteiger partial charge on any atom is 0.345 e. The molecule has 0 saturated carbocycles. The molecule has 0 aliphatic carbocycles. The van der Waals surface area contributed by atoms with Crippen molar-refractivity contribution in [2.45, 2.75) is 0 Å². The number of nitrogens with zero attached hydrogens (tertiary/aromatic N) is 3. The Morgan fingerprint density at radius 3 is 2.75 bits per heavy atom. The van der Waals surface area contributed by atoms with Crippen LogP contribution in [0.15, 0.2) is 74.3 Å². The van der Waals surface area contributed by atoms with Gasteiger partial charge in [0.2, 0.25) is 5.13 Å². The molecular weight excluding hydrogens is 380 g/mol. The van der Waals surface area contributed by atoms with E-state index in [0.29, 0.717) is 27.5 Å². The van der Waals surface area contributed by atoms with Gasteiger partial charge in [0.15, 0.2) is 0 Å². The molecule has 0 aliphatic heterocycles. The fourth-order valence-electron chi connectivity index (χ4n) is 2.53. The summed E-state index contributed by atoms with van der Waals surface area (Å²) < 4.78 is 5.33. The van der Waals surface area contributed by atoms with E-state index in [1.807, 2.05) is 12.1 Å². The number of nitro benzene ring substituents is 1. The quantitative estimate of drug-likeness (QED) is 0.235. The number of hydrazone groups is 1. The number of hydrogen-bond acceptors (Lipinski definition) is 8. The number of aromatic nitrogens is 1. The number of para-hydroxylation sites is 1. The average Bonchev–Trinajstić information content (AvgIpc) is 3.16. The predicted molar refractivity (Wildman–Crippen MR) is 108 cm³/mol. The molecule has 0 bridgehead atoms. The van der Waals surface area contributed by atoms with Gasteiger partial charge >= 0.3 is 5.63 Å². The smallest absolute Gasteiger partial charge is 0.345 e. The predicted octanol–water partition coefficient (Wildman–Crippen LogP) is 4.27. The minimum atomic E-state index is -0.459. The van der Waals surface area contributed by atoms with Crippen molar-refractivity contribution in [3.63, 3.8) is 0 Å². The molecule has 1 N–H and O–H groups in total. The van der Waals surface area contributed by atoms with Crippen LogP contribution in [0.3, 0.4) is 0 Å². The SMILES string of the molecule is O=c1oc2ccccc2cc1-c1csc(N/N=C/c2ccc([N+](=O)[O-])cc2)n1. The third kappa shape index (κ3) is 3.64. The molecule has 138 valence electrons. The third-order valence-electron chi connectivity index (χ3n) is 3.90. The van der Waals surface area contributed by atoms with Crippen LogP contribution in [0, 0.1) is 10.1 Å². The minimum Gasteiger partial charge on any atom is -0.422 e. The van der Waals surface area contributed by atoms with Crippen LogP contribution in [0.1, 0.15) is 5.56 Å². The standard InChI is InChI=1S/C19H12N4O4S/c24-18-15(9-13-3-1-2-4-17(13)27-18)16-11-28-19(21-16)22-20-10-12-5-7-14(8-6-12)23(25)26/h1-11H,(H,21,22)/b20-10+. The highest BCUT2D eigenvalue weighted by Crippen LogP contribution is 2.25. The van der Waals surface area contributed by atoms with Crippen molar-refractivity contribution in [3.05, 3.63) is 86.1 Å². The largest absolute Gasteiger partial charge is 0.422 e. The van der Waals surface area contributed by atoms with Gasteiger partial charge < -0.3 is 4.42 Å². The van der Waals surface area contributed by atoms with E-state index in [2.05, 4.69) is 15.5 Å². The Morgan fingerprint density at radius 2 is 1.96 bits per heavy atom. The lowest BCUT2D eigenvalue weighted by molar-refractivity contribution is -0.384. The first kappa shape index (κ1) is 17.6. The van der Waals surface area contributed by atoms with E-state index in [1.54, 1.807) is 35.7 Å². The second-order valence-electron chi connectivity index (χ2n) is 5.74. The van der Waals surface area contributed by atoms with E-state index >= 15 is 0 Å². The van der Waals surface area contributed by atoms with Crippen LogP contribution in [0.25, 0.3) is 22.2 Å². The Morgan fingerprint density at radius 1 is 1.18 bits per heavy atom. The second kappa shape index (κ2) is 7.41. The van der Waals surface area contributed by atoms with E-state index in [4.69, 9.17) is 4.42 Å². The molecule has 0 amide bonds. The van der Waals surface area contributed by atoms with Gasteiger partial charge in [0.25, 0.3) is 5.69 Å². The van der Waals surface area contributed by atoms with Crippen molar-refractivity contribution in [1.29, 1.82) is 0 Å². The molecule has 0 unspecified atom stereocenters. The van der Waals surface area contributed by atoms with Gasteiger partial charge in [-0.25, -0.2) is 9.78 Å². The molecular formula is C19H12N4O4S. The summed E-state index contributed by atoms with van der Waals surface area (Å²) in [6, 6.07) is 15.0. The van der Waals surface area contributed by atoms with Crippen LogP contribution in [0.4, 0.5) is 10.8 Å². The molecule has 4 aromatic rings. The van der Waals surface area contributed by atoms with Crippen LogP contribution in [-0.2, 0) is 0 Å². The lowest BCUT2D eigenvalue weighted by atomic mass is 10.1. The third-order valence-corrected chi connectivity index (χ3v) is 4.65. The molecule has 0 radical (unpaired) electrons. The maximum absolute atomic E-state index is 12.2. The fraction of sp³-hybridized carbons (Fsp3) is 0. The average molecular weight is 392 g/mol. The molecule has 28 heavy (non-hydrogen) atoms. The highest BCUT2D eigenvalue weighted by Gasteiger charge is 2.11. The number of thiazole rings is 1. The van der Waals surface area contributed by atoms with Crippen molar-refractivity contribution in [2.24, 2.45) is 5.10 Å². The van der Waals surface area contributed by atoms with E-state index in [0.717, 1.165) is 5.39 Å². The Bertz CT molecular complexity index is 1240. The van der Waals surface area contributed by atoms with Crippen molar-refractivity contribution >= 4 is 39.3 Å². The fourth-order valence-corrected chi connectivity index (χ4v) is 3.19. The van der Waals surface area contributed by atoms with Gasteiger partial charge in [-0.2, -0.15) is 5.10 Å². The first-order valence-electron chi connectivity index (χ1n) is 8.12. The summed E-state index contributed by atoms with van der Waals surface area (Å²) >= 11 is 1.29. The van der Waals surface area contributed by atoms with Crippen molar-refractivity contribution < 1.29 is 9.34 Å². The van der Waals surface area contributed by atoms with Crippen LogP contribution in [0.2, 0.25) is 0 Å². The lowest BCUT2D eigenvalue weighted by Crippen LogP contribution is -2.02. The zero-order valence-corrected chi connectivity index (χ0v) is 15.1. The van der Waals surface area contributed by atoms with E-state index in [1.165, 1.54) is 29.7 Å². The van der Waals surface area contributed by atoms with Gasteiger partial charge in [0.05, 0.1) is 22.4 Å². The number of benzene rings is 2. The number of anilines is 1. The molecule has 0 saturated heterocycles. The molecule has 9 heteroatoms. The van der Waals surface area contributed by atoms with Crippen LogP contribution >= 0.6 is 11.3 Å². The Kier molecular flexibility index (Phi) is 4.65. The van der Waals surface area contributed by atoms with Crippen LogP contribution in [0.5, 0.6) is 0 Å². The van der Waals surface area contributed by atoms with Gasteiger partial charge in [0.1, 0.15) is 5.58 Å². The van der Waals surface area contributed by atoms with Crippen molar-refractivity contribution in [3.8, 4) is 11.3 Å². The highest BCUT2D eigenvalue weighted by atomic mass is 32.1. The number of hydrogen-bond donors (Lipinski definition) is 1. The first-order chi connectivity index (χ1) is 13.6. The minimum absolute atomic E-state index is 0.0175. The summed E-state index contributed by atoms with van der Waals surface area (Å²) in [6.45, 7) is 0. The Hall–Kier alpha value is -3.85. The van der Waals surface area contributed by atoms with Crippen molar-refractivity contribution in [2.75, 3.05) is 5.43 Å². The normalized spacial score (nSPS) is 11.1. The van der Waals surface area contributed by atoms with E-state index in [9.17, 15) is 14.9 Å². The number of fused-ring (bicyclic) bond motifs is 1. The topological polar surface area (TPSA) is 111 Å². The van der Waals surface area contributed by atoms with Gasteiger partial charge in [0, 0.05) is 22.9 Å². The second-order valence-corrected chi connectivity index (χ2v) is 6.60. The summed E-state index contributed by atoms with van der Waals surface area (Å²) in [5.41, 5.74) is 4.45. The van der Waals surface area contributed by atoms with Gasteiger partial charge in [-0.15, -0.1) is 11.3 Å². The number of rotatable bonds is 5. The molecule has 2 aromatic heterocycles. The molecule has 8 nitrogen and oxygen atoms in total. The number of nitro groups is 1. The molecule has 0 atom stereocenters. The Labute approximate surface area is 161 Å². The van der Waals surface area contributed by atoms with E-state index in [-0.39, 0.29) is 5.69 Å². The number of nitrogens with one attached hydrogen (secondary N) is 1. The summed E-state index contributed by atoms with van der Waals surface area (Å²) in [7, 11) is 0. The summed E-state index contributed by atoms with van der Waals surface area (Å²) in [6.07, 6.45) is 1.52. The first-order valence-corrected chi connectivity index (χ1v) is 9.00.